The lowest BCUT2D eigenvalue weighted by Crippen LogP contribution is -2.11. The number of imidazole rings is 1. The fourth-order valence-electron chi connectivity index (χ4n) is 2.86. The molecule has 3 aromatic carbocycles. The van der Waals surface area contributed by atoms with E-state index < -0.39 is 0 Å². The lowest BCUT2D eigenvalue weighted by molar-refractivity contribution is 0.130. The van der Waals surface area contributed by atoms with Crippen molar-refractivity contribution >= 4 is 28.1 Å². The van der Waals surface area contributed by atoms with Crippen LogP contribution in [-0.4, -0.2) is 15.3 Å². The van der Waals surface area contributed by atoms with E-state index in [1.54, 1.807) is 12.5 Å². The average Bonchev–Trinajstić information content (AvgIpc) is 3.21. The van der Waals surface area contributed by atoms with Gasteiger partial charge in [0, 0.05) is 23.0 Å². The molecular formula is C22H18ClN3O. The van der Waals surface area contributed by atoms with Crippen LogP contribution >= 0.6 is 11.6 Å². The maximum Gasteiger partial charge on any atom is 0.142 e. The first kappa shape index (κ1) is 17.3. The first-order valence-electron chi connectivity index (χ1n) is 8.66. The zero-order valence-electron chi connectivity index (χ0n) is 14.6. The van der Waals surface area contributed by atoms with Gasteiger partial charge < -0.3 is 9.40 Å². The summed E-state index contributed by atoms with van der Waals surface area (Å²) >= 11 is 5.93. The van der Waals surface area contributed by atoms with Crippen molar-refractivity contribution in [3.8, 4) is 0 Å². The second kappa shape index (κ2) is 8.06. The van der Waals surface area contributed by atoms with Crippen molar-refractivity contribution in [2.45, 2.75) is 13.2 Å². The van der Waals surface area contributed by atoms with Crippen LogP contribution in [0.5, 0.6) is 0 Å². The van der Waals surface area contributed by atoms with Crippen molar-refractivity contribution in [3.05, 3.63) is 102 Å². The number of hydrogen-bond donors (Lipinski definition) is 0. The van der Waals surface area contributed by atoms with Gasteiger partial charge in [0.05, 0.1) is 12.9 Å². The average molecular weight is 376 g/mol. The van der Waals surface area contributed by atoms with Gasteiger partial charge in [-0.2, -0.15) is 0 Å². The van der Waals surface area contributed by atoms with Crippen molar-refractivity contribution in [1.82, 2.24) is 9.55 Å². The van der Waals surface area contributed by atoms with Gasteiger partial charge in [-0.25, -0.2) is 4.98 Å². The number of nitrogens with zero attached hydrogens (tertiary/aromatic N) is 3. The van der Waals surface area contributed by atoms with E-state index in [0.717, 1.165) is 16.8 Å². The minimum Gasteiger partial charge on any atom is -0.391 e. The smallest absolute Gasteiger partial charge is 0.142 e. The highest BCUT2D eigenvalue weighted by Gasteiger charge is 2.07. The van der Waals surface area contributed by atoms with Crippen LogP contribution in [0.25, 0.3) is 10.8 Å². The number of aromatic nitrogens is 2. The van der Waals surface area contributed by atoms with Crippen LogP contribution in [0.15, 0.2) is 90.6 Å². The summed E-state index contributed by atoms with van der Waals surface area (Å²) in [6.07, 6.45) is 5.44. The monoisotopic (exact) mass is 375 g/mol. The molecule has 5 heteroatoms. The molecule has 0 atom stereocenters. The molecule has 0 radical (unpaired) electrons. The Bertz CT molecular complexity index is 1060. The van der Waals surface area contributed by atoms with E-state index in [0.29, 0.717) is 18.2 Å². The molecule has 0 N–H and O–H groups in total. The summed E-state index contributed by atoms with van der Waals surface area (Å²) in [4.78, 5) is 9.76. The first-order chi connectivity index (χ1) is 13.3. The predicted octanol–water partition coefficient (Wildman–Crippen LogP) is 5.31. The molecule has 27 heavy (non-hydrogen) atoms. The van der Waals surface area contributed by atoms with Crippen molar-refractivity contribution in [3.63, 3.8) is 0 Å². The second-order valence-corrected chi connectivity index (χ2v) is 6.67. The summed E-state index contributed by atoms with van der Waals surface area (Å²) in [7, 11) is 0. The summed E-state index contributed by atoms with van der Waals surface area (Å²) < 4.78 is 1.97. The molecule has 0 bridgehead atoms. The van der Waals surface area contributed by atoms with Crippen LogP contribution in [0, 0.1) is 0 Å². The van der Waals surface area contributed by atoms with E-state index in [-0.39, 0.29) is 0 Å². The number of oxime groups is 1. The summed E-state index contributed by atoms with van der Waals surface area (Å²) in [5.74, 6) is 0. The summed E-state index contributed by atoms with van der Waals surface area (Å²) in [5, 5.41) is 7.51. The van der Waals surface area contributed by atoms with Crippen molar-refractivity contribution in [2.24, 2.45) is 5.16 Å². The van der Waals surface area contributed by atoms with E-state index >= 15 is 0 Å². The molecule has 4 aromatic rings. The fraction of sp³-hybridized carbons (Fsp3) is 0.0909. The number of benzene rings is 3. The molecule has 0 unspecified atom stereocenters. The highest BCUT2D eigenvalue weighted by atomic mass is 35.5. The third-order valence-electron chi connectivity index (χ3n) is 4.29. The Morgan fingerprint density at radius 1 is 1.00 bits per heavy atom. The van der Waals surface area contributed by atoms with Crippen LogP contribution in [0.3, 0.4) is 0 Å². The first-order valence-corrected chi connectivity index (χ1v) is 9.04. The molecule has 0 fully saturated rings. The van der Waals surface area contributed by atoms with Crippen LogP contribution in [0.2, 0.25) is 5.02 Å². The molecule has 0 spiro atoms. The molecule has 1 aromatic heterocycles. The predicted molar refractivity (Wildman–Crippen MR) is 109 cm³/mol. The Labute approximate surface area is 162 Å². The lowest BCUT2D eigenvalue weighted by atomic mass is 10.0. The van der Waals surface area contributed by atoms with Crippen LogP contribution < -0.4 is 0 Å². The highest BCUT2D eigenvalue weighted by molar-refractivity contribution is 6.30. The highest BCUT2D eigenvalue weighted by Crippen LogP contribution is 2.17. The third kappa shape index (κ3) is 4.36. The molecule has 0 saturated carbocycles. The van der Waals surface area contributed by atoms with Crippen LogP contribution in [-0.2, 0) is 18.0 Å². The van der Waals surface area contributed by atoms with E-state index in [4.69, 9.17) is 16.4 Å². The van der Waals surface area contributed by atoms with Crippen molar-refractivity contribution in [1.29, 1.82) is 0 Å². The molecule has 0 aliphatic heterocycles. The summed E-state index contributed by atoms with van der Waals surface area (Å²) in [6, 6.07) is 22.2. The Hall–Kier alpha value is -3.11. The normalized spacial score (nSPS) is 11.7. The maximum absolute atomic E-state index is 5.93. The fourth-order valence-corrected chi connectivity index (χ4v) is 2.99. The number of halogens is 1. The van der Waals surface area contributed by atoms with E-state index in [1.165, 1.54) is 10.8 Å². The second-order valence-electron chi connectivity index (χ2n) is 6.23. The minimum atomic E-state index is 0.387. The zero-order valence-corrected chi connectivity index (χ0v) is 15.4. The Morgan fingerprint density at radius 3 is 2.59 bits per heavy atom. The van der Waals surface area contributed by atoms with Gasteiger partial charge in [0.2, 0.25) is 0 Å². The molecule has 0 amide bonds. The summed E-state index contributed by atoms with van der Waals surface area (Å²) in [6.45, 7) is 0.969. The largest absolute Gasteiger partial charge is 0.391 e. The standard InChI is InChI=1S/C22H18ClN3O/c23-21-9-5-17(6-10-21)15-27-25-22(14-26-12-11-24-16-26)20-8-7-18-3-1-2-4-19(18)13-20/h1-13,16H,14-15H2/b25-22-. The maximum atomic E-state index is 5.93. The van der Waals surface area contributed by atoms with Gasteiger partial charge in [-0.3, -0.25) is 0 Å². The topological polar surface area (TPSA) is 39.4 Å². The van der Waals surface area contributed by atoms with Crippen molar-refractivity contribution in [2.75, 3.05) is 0 Å². The number of hydrogen-bond acceptors (Lipinski definition) is 3. The zero-order chi connectivity index (χ0) is 18.5. The Kier molecular flexibility index (Phi) is 5.17. The van der Waals surface area contributed by atoms with Crippen LogP contribution in [0.4, 0.5) is 0 Å². The van der Waals surface area contributed by atoms with Gasteiger partial charge >= 0.3 is 0 Å². The minimum absolute atomic E-state index is 0.387. The molecule has 4 nitrogen and oxygen atoms in total. The van der Waals surface area contributed by atoms with E-state index in [1.807, 2.05) is 47.2 Å². The van der Waals surface area contributed by atoms with Crippen LogP contribution in [0.1, 0.15) is 11.1 Å². The molecule has 4 rings (SSSR count). The molecule has 1 heterocycles. The number of fused-ring (bicyclic) bond motifs is 1. The quantitative estimate of drug-likeness (QED) is 0.338. The van der Waals surface area contributed by atoms with Gasteiger partial charge in [-0.15, -0.1) is 0 Å². The van der Waals surface area contributed by atoms with Crippen molar-refractivity contribution < 1.29 is 4.84 Å². The van der Waals surface area contributed by atoms with E-state index in [9.17, 15) is 0 Å². The van der Waals surface area contributed by atoms with Gasteiger partial charge in [0.1, 0.15) is 12.3 Å². The summed E-state index contributed by atoms with van der Waals surface area (Å²) in [5.41, 5.74) is 2.88. The number of rotatable bonds is 6. The van der Waals surface area contributed by atoms with Gasteiger partial charge in [0.25, 0.3) is 0 Å². The Morgan fingerprint density at radius 2 is 1.81 bits per heavy atom. The Balaban J connectivity index is 1.59. The van der Waals surface area contributed by atoms with Gasteiger partial charge in [0.15, 0.2) is 0 Å². The van der Waals surface area contributed by atoms with E-state index in [2.05, 4.69) is 40.5 Å². The van der Waals surface area contributed by atoms with Gasteiger partial charge in [-0.05, 0) is 34.5 Å². The van der Waals surface area contributed by atoms with Gasteiger partial charge in [-0.1, -0.05) is 65.3 Å². The lowest BCUT2D eigenvalue weighted by Gasteiger charge is -2.09. The molecular weight excluding hydrogens is 358 g/mol. The molecule has 134 valence electrons. The SMILES string of the molecule is Clc1ccc(CO/N=C(/Cn2ccnc2)c2ccc3ccccc3c2)cc1. The molecule has 0 aliphatic carbocycles. The molecule has 0 saturated heterocycles. The molecule has 0 aliphatic rings. The third-order valence-corrected chi connectivity index (χ3v) is 4.55.